The van der Waals surface area contributed by atoms with E-state index in [4.69, 9.17) is 7.16 Å². The van der Waals surface area contributed by atoms with Gasteiger partial charge in [0, 0.05) is 67.3 Å². The quantitative estimate of drug-likeness (QED) is 0.174. The Bertz CT molecular complexity index is 3070. The van der Waals surface area contributed by atoms with Crippen molar-refractivity contribution in [2.24, 2.45) is 0 Å². The molecule has 0 radical (unpaired) electrons. The van der Waals surface area contributed by atoms with Gasteiger partial charge >= 0.3 is 0 Å². The summed E-state index contributed by atoms with van der Waals surface area (Å²) in [6.07, 6.45) is 0. The maximum Gasteiger partial charge on any atom is 0.161 e. The summed E-state index contributed by atoms with van der Waals surface area (Å²) in [6, 6.07) is 57.2. The number of rotatable bonds is 6. The van der Waals surface area contributed by atoms with Crippen LogP contribution < -0.4 is 9.80 Å². The third-order valence-corrected chi connectivity index (χ3v) is 11.1. The van der Waals surface area contributed by atoms with Crippen molar-refractivity contribution in [1.82, 2.24) is 4.40 Å². The minimum absolute atomic E-state index is 0.273. The molecule has 11 rings (SSSR count). The zero-order valence-electron chi connectivity index (χ0n) is 31.3. The van der Waals surface area contributed by atoms with E-state index in [1.54, 1.807) is 0 Å². The fraction of sp³-hybridized carbons (Fsp3) is 0.0612. The van der Waals surface area contributed by atoms with Crippen molar-refractivity contribution in [2.45, 2.75) is 19.3 Å². The summed E-state index contributed by atoms with van der Waals surface area (Å²) in [7, 11) is 0. The van der Waals surface area contributed by atoms with Crippen molar-refractivity contribution in [3.8, 4) is 11.3 Å². The standard InChI is InChI=1S/C49H35N3O/c1-49(2)42-30-36(50(32-16-7-3-8-17-32)33-18-9-4-10-19-33)26-28-38(42)46-44(49)40-24-15-25-41-45(40)52(46)47-39-29-27-37(31-43(39)53-48(41)47)51(34-20-11-5-12-21-34)35-22-13-6-14-23-35/h3-31H,1-2H3/i3D,5D. The molecule has 7 aromatic carbocycles. The third-order valence-electron chi connectivity index (χ3n) is 11.1. The molecule has 1 aliphatic rings. The SMILES string of the molecule is [2H]c1ccc(N(c2ccccc2)c2ccc3c(c2)C(C)(C)c2c-3n3c4c2cccc4c2oc4cc(N(c5ccccc5)c5ccc([2H])cc5)ccc4c23)cc1. The maximum atomic E-state index is 8.12. The lowest BCUT2D eigenvalue weighted by Gasteiger charge is -2.28. The first kappa shape index (κ1) is 27.9. The van der Waals surface area contributed by atoms with Gasteiger partial charge in [0.15, 0.2) is 5.58 Å². The molecule has 252 valence electrons. The maximum absolute atomic E-state index is 8.12. The van der Waals surface area contributed by atoms with Crippen molar-refractivity contribution in [1.29, 1.82) is 0 Å². The average molecular weight is 684 g/mol. The lowest BCUT2D eigenvalue weighted by Crippen LogP contribution is -2.16. The highest BCUT2D eigenvalue weighted by Crippen LogP contribution is 2.57. The molecule has 4 heteroatoms. The molecule has 53 heavy (non-hydrogen) atoms. The molecule has 0 spiro atoms. The van der Waals surface area contributed by atoms with Gasteiger partial charge in [-0.15, -0.1) is 0 Å². The summed E-state index contributed by atoms with van der Waals surface area (Å²) in [6.45, 7) is 4.71. The summed E-state index contributed by atoms with van der Waals surface area (Å²) in [5.41, 5.74) is 15.0. The molecule has 10 aromatic rings. The summed E-state index contributed by atoms with van der Waals surface area (Å²) in [5, 5.41) is 3.44. The lowest BCUT2D eigenvalue weighted by atomic mass is 9.81. The van der Waals surface area contributed by atoms with Gasteiger partial charge in [-0.2, -0.15) is 0 Å². The monoisotopic (exact) mass is 683 g/mol. The average Bonchev–Trinajstić information content (AvgIpc) is 3.91. The Morgan fingerprint density at radius 1 is 0.509 bits per heavy atom. The van der Waals surface area contributed by atoms with Crippen LogP contribution in [0, 0.1) is 0 Å². The van der Waals surface area contributed by atoms with Gasteiger partial charge in [-0.05, 0) is 90.0 Å². The number of anilines is 6. The Kier molecular flexibility index (Phi) is 5.84. The fourth-order valence-electron chi connectivity index (χ4n) is 8.88. The van der Waals surface area contributed by atoms with Crippen LogP contribution in [0.25, 0.3) is 49.6 Å². The van der Waals surface area contributed by atoms with Crippen molar-refractivity contribution in [3.63, 3.8) is 0 Å². The van der Waals surface area contributed by atoms with Crippen LogP contribution in [-0.4, -0.2) is 4.40 Å². The minimum atomic E-state index is -0.273. The van der Waals surface area contributed by atoms with Crippen LogP contribution in [0.1, 0.15) is 27.7 Å². The molecule has 0 N–H and O–H groups in total. The van der Waals surface area contributed by atoms with E-state index < -0.39 is 0 Å². The molecule has 1 aliphatic carbocycles. The molecule has 0 fully saturated rings. The van der Waals surface area contributed by atoms with E-state index in [1.165, 1.54) is 33.3 Å². The summed E-state index contributed by atoms with van der Waals surface area (Å²) in [5.74, 6) is 0. The van der Waals surface area contributed by atoms with Gasteiger partial charge in [-0.25, -0.2) is 0 Å². The molecule has 0 atom stereocenters. The Hall–Kier alpha value is -6.78. The van der Waals surface area contributed by atoms with Crippen LogP contribution in [0.3, 0.4) is 0 Å². The highest BCUT2D eigenvalue weighted by Gasteiger charge is 2.42. The van der Waals surface area contributed by atoms with E-state index in [1.807, 2.05) is 72.8 Å². The Morgan fingerprint density at radius 2 is 1.06 bits per heavy atom. The second-order valence-electron chi connectivity index (χ2n) is 14.4. The van der Waals surface area contributed by atoms with E-state index in [0.717, 1.165) is 61.6 Å². The molecule has 0 aliphatic heterocycles. The number of furan rings is 1. The van der Waals surface area contributed by atoms with E-state index in [2.05, 4.69) is 119 Å². The molecule has 0 bridgehead atoms. The molecular formula is C49H35N3O. The second kappa shape index (κ2) is 11.1. The van der Waals surface area contributed by atoms with E-state index in [9.17, 15) is 0 Å². The molecule has 0 saturated heterocycles. The minimum Gasteiger partial charge on any atom is -0.454 e. The number of aromatic nitrogens is 1. The topological polar surface area (TPSA) is 24.0 Å². The summed E-state index contributed by atoms with van der Waals surface area (Å²) in [4.78, 5) is 4.49. The van der Waals surface area contributed by atoms with Crippen molar-refractivity contribution >= 4 is 72.5 Å². The van der Waals surface area contributed by atoms with Gasteiger partial charge in [-0.3, -0.25) is 0 Å². The molecule has 3 aromatic heterocycles. The predicted molar refractivity (Wildman–Crippen MR) is 220 cm³/mol. The van der Waals surface area contributed by atoms with Crippen LogP contribution in [0.2, 0.25) is 0 Å². The van der Waals surface area contributed by atoms with E-state index in [0.29, 0.717) is 12.1 Å². The number of benzene rings is 7. The van der Waals surface area contributed by atoms with Gasteiger partial charge in [0.2, 0.25) is 0 Å². The molecule has 0 saturated carbocycles. The molecule has 0 amide bonds. The first-order valence-corrected chi connectivity index (χ1v) is 18.1. The highest BCUT2D eigenvalue weighted by atomic mass is 16.3. The Labute approximate surface area is 310 Å². The van der Waals surface area contributed by atoms with Crippen LogP contribution in [0.5, 0.6) is 0 Å². The van der Waals surface area contributed by atoms with Crippen LogP contribution in [0.15, 0.2) is 180 Å². The predicted octanol–water partition coefficient (Wildman–Crippen LogP) is 13.7. The van der Waals surface area contributed by atoms with E-state index in [-0.39, 0.29) is 5.41 Å². The van der Waals surface area contributed by atoms with Crippen molar-refractivity contribution in [3.05, 3.63) is 187 Å². The Balaban J connectivity index is 1.12. The number of para-hydroxylation sites is 5. The third kappa shape index (κ3) is 4.24. The number of hydrogen-bond acceptors (Lipinski definition) is 3. The first-order valence-electron chi connectivity index (χ1n) is 19.1. The largest absolute Gasteiger partial charge is 0.454 e. The molecule has 4 nitrogen and oxygen atoms in total. The molecule has 3 heterocycles. The van der Waals surface area contributed by atoms with Crippen LogP contribution >= 0.6 is 0 Å². The fourth-order valence-corrected chi connectivity index (χ4v) is 8.88. The number of nitrogens with zero attached hydrogens (tertiary/aromatic N) is 3. The second-order valence-corrected chi connectivity index (χ2v) is 14.4. The van der Waals surface area contributed by atoms with Gasteiger partial charge in [0.25, 0.3) is 0 Å². The van der Waals surface area contributed by atoms with Gasteiger partial charge in [-0.1, -0.05) is 105 Å². The smallest absolute Gasteiger partial charge is 0.161 e. The zero-order chi connectivity index (χ0) is 37.0. The van der Waals surface area contributed by atoms with Crippen molar-refractivity contribution in [2.75, 3.05) is 9.80 Å². The van der Waals surface area contributed by atoms with E-state index >= 15 is 0 Å². The summed E-state index contributed by atoms with van der Waals surface area (Å²) >= 11 is 0. The van der Waals surface area contributed by atoms with Gasteiger partial charge in [0.1, 0.15) is 11.1 Å². The lowest BCUT2D eigenvalue weighted by molar-refractivity contribution is 0.666. The molecule has 0 unspecified atom stereocenters. The number of fused-ring (bicyclic) bond motifs is 10. The highest BCUT2D eigenvalue weighted by molar-refractivity contribution is 6.22. The van der Waals surface area contributed by atoms with Crippen LogP contribution in [-0.2, 0) is 5.41 Å². The zero-order valence-corrected chi connectivity index (χ0v) is 29.3. The first-order chi connectivity index (χ1) is 26.9. The number of hydrogen-bond donors (Lipinski definition) is 0. The van der Waals surface area contributed by atoms with Gasteiger partial charge in [0.05, 0.1) is 14.0 Å². The van der Waals surface area contributed by atoms with Gasteiger partial charge < -0.3 is 18.6 Å². The van der Waals surface area contributed by atoms with Crippen molar-refractivity contribution < 1.29 is 7.16 Å². The Morgan fingerprint density at radius 3 is 1.68 bits per heavy atom. The molecular weight excluding hydrogens is 647 g/mol. The van der Waals surface area contributed by atoms with Crippen LogP contribution in [0.4, 0.5) is 34.1 Å². The summed E-state index contributed by atoms with van der Waals surface area (Å²) < 4.78 is 25.6. The normalized spacial score (nSPS) is 13.8.